The van der Waals surface area contributed by atoms with Crippen molar-refractivity contribution in [2.45, 2.75) is 13.5 Å². The molecular formula is C19H23IN4O2. The van der Waals surface area contributed by atoms with Crippen molar-refractivity contribution in [2.24, 2.45) is 4.99 Å². The van der Waals surface area contributed by atoms with Crippen molar-refractivity contribution in [3.63, 3.8) is 0 Å². The number of ether oxygens (including phenoxy) is 2. The Morgan fingerprint density at radius 3 is 2.65 bits per heavy atom. The van der Waals surface area contributed by atoms with Crippen LogP contribution in [0.3, 0.4) is 0 Å². The molecule has 0 unspecified atom stereocenters. The van der Waals surface area contributed by atoms with Gasteiger partial charge in [0.2, 0.25) is 0 Å². The van der Waals surface area contributed by atoms with Crippen LogP contribution in [-0.2, 0) is 6.54 Å². The number of nitrogens with zero attached hydrogens (tertiary/aromatic N) is 2. The second kappa shape index (κ2) is 11.2. The van der Waals surface area contributed by atoms with Gasteiger partial charge in [0.25, 0.3) is 0 Å². The quantitative estimate of drug-likeness (QED) is 0.385. The van der Waals surface area contributed by atoms with Gasteiger partial charge in [0.1, 0.15) is 0 Å². The number of benzene rings is 2. The predicted molar refractivity (Wildman–Crippen MR) is 115 cm³/mol. The van der Waals surface area contributed by atoms with Gasteiger partial charge in [-0.15, -0.1) is 24.0 Å². The van der Waals surface area contributed by atoms with Crippen LogP contribution in [0.15, 0.2) is 47.5 Å². The Kier molecular flexibility index (Phi) is 9.30. The van der Waals surface area contributed by atoms with Crippen LogP contribution in [0.25, 0.3) is 0 Å². The normalized spacial score (nSPS) is 10.3. The van der Waals surface area contributed by atoms with E-state index in [9.17, 15) is 0 Å². The van der Waals surface area contributed by atoms with Gasteiger partial charge in [0.15, 0.2) is 17.5 Å². The Hall–Kier alpha value is -2.47. The number of methoxy groups -OCH3 is 1. The maximum Gasteiger partial charge on any atom is 0.195 e. The molecule has 26 heavy (non-hydrogen) atoms. The number of hydrogen-bond acceptors (Lipinski definition) is 4. The van der Waals surface area contributed by atoms with E-state index in [0.29, 0.717) is 36.2 Å². The third-order valence-electron chi connectivity index (χ3n) is 3.47. The van der Waals surface area contributed by atoms with Crippen LogP contribution in [0, 0.1) is 11.3 Å². The molecule has 0 saturated carbocycles. The van der Waals surface area contributed by atoms with Gasteiger partial charge >= 0.3 is 0 Å². The van der Waals surface area contributed by atoms with E-state index in [1.807, 2.05) is 43.3 Å². The van der Waals surface area contributed by atoms with Crippen molar-refractivity contribution < 1.29 is 9.47 Å². The van der Waals surface area contributed by atoms with Crippen LogP contribution in [0.4, 0.5) is 5.69 Å². The molecule has 0 aliphatic rings. The largest absolute Gasteiger partial charge is 0.493 e. The lowest BCUT2D eigenvalue weighted by atomic mass is 10.1. The third-order valence-corrected chi connectivity index (χ3v) is 3.47. The van der Waals surface area contributed by atoms with Crippen LogP contribution in [0.2, 0.25) is 0 Å². The predicted octanol–water partition coefficient (Wildman–Crippen LogP) is 3.77. The fraction of sp³-hybridized carbons (Fsp3) is 0.263. The van der Waals surface area contributed by atoms with Crippen LogP contribution >= 0.6 is 24.0 Å². The van der Waals surface area contributed by atoms with Crippen molar-refractivity contribution in [1.29, 1.82) is 5.26 Å². The number of guanidine groups is 1. The minimum atomic E-state index is 0. The minimum absolute atomic E-state index is 0. The maximum atomic E-state index is 8.96. The summed E-state index contributed by atoms with van der Waals surface area (Å²) in [5.41, 5.74) is 2.48. The van der Waals surface area contributed by atoms with Crippen LogP contribution in [-0.4, -0.2) is 26.7 Å². The first-order valence-corrected chi connectivity index (χ1v) is 7.97. The molecule has 0 spiro atoms. The standard InChI is InChI=1S/C19H22N4O2.HI/c1-4-25-17-9-8-16(11-18(17)24-3)23-19(21-2)22-13-15-7-5-6-14(10-15)12-20;/h5-11H,4,13H2,1-3H3,(H2,21,22,23);1H. The summed E-state index contributed by atoms with van der Waals surface area (Å²) in [4.78, 5) is 4.21. The summed E-state index contributed by atoms with van der Waals surface area (Å²) in [5.74, 6) is 1.98. The lowest BCUT2D eigenvalue weighted by Crippen LogP contribution is -2.30. The Balaban J connectivity index is 0.00000338. The number of hydrogen-bond donors (Lipinski definition) is 2. The smallest absolute Gasteiger partial charge is 0.195 e. The number of halogens is 1. The van der Waals surface area contributed by atoms with E-state index in [0.717, 1.165) is 11.3 Å². The van der Waals surface area contributed by atoms with E-state index in [4.69, 9.17) is 14.7 Å². The molecule has 2 aromatic carbocycles. The molecule has 0 aromatic heterocycles. The number of rotatable bonds is 6. The molecule has 0 saturated heterocycles. The van der Waals surface area contributed by atoms with Crippen molar-refractivity contribution in [3.05, 3.63) is 53.6 Å². The van der Waals surface area contributed by atoms with Crippen molar-refractivity contribution in [3.8, 4) is 17.6 Å². The Morgan fingerprint density at radius 1 is 1.19 bits per heavy atom. The van der Waals surface area contributed by atoms with E-state index in [2.05, 4.69) is 21.7 Å². The summed E-state index contributed by atoms with van der Waals surface area (Å²) in [6, 6.07) is 15.2. The highest BCUT2D eigenvalue weighted by molar-refractivity contribution is 14.0. The topological polar surface area (TPSA) is 78.7 Å². The molecule has 0 heterocycles. The van der Waals surface area contributed by atoms with Gasteiger partial charge in [0, 0.05) is 25.3 Å². The number of anilines is 1. The van der Waals surface area contributed by atoms with Gasteiger partial charge in [-0.05, 0) is 36.8 Å². The summed E-state index contributed by atoms with van der Waals surface area (Å²) in [6.45, 7) is 3.07. The summed E-state index contributed by atoms with van der Waals surface area (Å²) in [7, 11) is 3.31. The van der Waals surface area contributed by atoms with Gasteiger partial charge < -0.3 is 20.1 Å². The molecular weight excluding hydrogens is 443 g/mol. The van der Waals surface area contributed by atoms with Gasteiger partial charge in [0.05, 0.1) is 25.3 Å². The molecule has 0 fully saturated rings. The van der Waals surface area contributed by atoms with Gasteiger partial charge in [-0.25, -0.2) is 0 Å². The summed E-state index contributed by atoms with van der Waals surface area (Å²) in [5, 5.41) is 15.4. The zero-order valence-corrected chi connectivity index (χ0v) is 17.4. The molecule has 0 aliphatic carbocycles. The fourth-order valence-electron chi connectivity index (χ4n) is 2.27. The Bertz CT molecular complexity index is 787. The average molecular weight is 466 g/mol. The molecule has 0 aliphatic heterocycles. The lowest BCUT2D eigenvalue weighted by molar-refractivity contribution is 0.311. The van der Waals surface area contributed by atoms with Gasteiger partial charge in [-0.3, -0.25) is 4.99 Å². The first-order chi connectivity index (χ1) is 12.2. The van der Waals surface area contributed by atoms with Crippen molar-refractivity contribution in [2.75, 3.05) is 26.1 Å². The van der Waals surface area contributed by atoms with E-state index < -0.39 is 0 Å². The first-order valence-electron chi connectivity index (χ1n) is 7.97. The third kappa shape index (κ3) is 6.11. The van der Waals surface area contributed by atoms with E-state index in [1.54, 1.807) is 20.2 Å². The zero-order valence-electron chi connectivity index (χ0n) is 15.1. The maximum absolute atomic E-state index is 8.96. The minimum Gasteiger partial charge on any atom is -0.493 e. The van der Waals surface area contributed by atoms with Crippen LogP contribution in [0.5, 0.6) is 11.5 Å². The molecule has 0 amide bonds. The molecule has 0 atom stereocenters. The number of aliphatic imine (C=N–C) groups is 1. The second-order valence-corrected chi connectivity index (χ2v) is 5.16. The van der Waals surface area contributed by atoms with E-state index in [-0.39, 0.29) is 24.0 Å². The zero-order chi connectivity index (χ0) is 18.1. The molecule has 2 aromatic rings. The SMILES string of the molecule is CCOc1ccc(NC(=NC)NCc2cccc(C#N)c2)cc1OC.I. The highest BCUT2D eigenvalue weighted by Crippen LogP contribution is 2.30. The van der Waals surface area contributed by atoms with E-state index >= 15 is 0 Å². The molecule has 2 N–H and O–H groups in total. The molecule has 2 rings (SSSR count). The Labute approximate surface area is 171 Å². The van der Waals surface area contributed by atoms with Crippen molar-refractivity contribution in [1.82, 2.24) is 5.32 Å². The molecule has 6 nitrogen and oxygen atoms in total. The lowest BCUT2D eigenvalue weighted by Gasteiger charge is -2.14. The monoisotopic (exact) mass is 466 g/mol. The molecule has 138 valence electrons. The first kappa shape index (κ1) is 21.6. The highest BCUT2D eigenvalue weighted by atomic mass is 127. The molecule has 0 bridgehead atoms. The summed E-state index contributed by atoms with van der Waals surface area (Å²) >= 11 is 0. The number of nitriles is 1. The summed E-state index contributed by atoms with van der Waals surface area (Å²) < 4.78 is 10.9. The van der Waals surface area contributed by atoms with Gasteiger partial charge in [-0.1, -0.05) is 12.1 Å². The second-order valence-electron chi connectivity index (χ2n) is 5.16. The van der Waals surface area contributed by atoms with Crippen LogP contribution < -0.4 is 20.1 Å². The summed E-state index contributed by atoms with van der Waals surface area (Å²) in [6.07, 6.45) is 0. The molecule has 7 heteroatoms. The Morgan fingerprint density at radius 2 is 2.00 bits per heavy atom. The fourth-order valence-corrected chi connectivity index (χ4v) is 2.27. The van der Waals surface area contributed by atoms with Crippen molar-refractivity contribution >= 4 is 35.6 Å². The van der Waals surface area contributed by atoms with Crippen LogP contribution in [0.1, 0.15) is 18.1 Å². The molecule has 0 radical (unpaired) electrons. The van der Waals surface area contributed by atoms with Gasteiger partial charge in [-0.2, -0.15) is 5.26 Å². The van der Waals surface area contributed by atoms with E-state index in [1.165, 1.54) is 0 Å². The highest BCUT2D eigenvalue weighted by Gasteiger charge is 2.07. The average Bonchev–Trinajstić information content (AvgIpc) is 2.66. The number of nitrogens with one attached hydrogen (secondary N) is 2.